The molecule has 1 aliphatic heterocycles. The molecule has 1 aromatic carbocycles. The van der Waals surface area contributed by atoms with Gasteiger partial charge in [-0.2, -0.15) is 0 Å². The molecule has 1 aliphatic rings. The molecule has 1 atom stereocenters. The number of hydrogen-bond acceptors (Lipinski definition) is 5. The maximum atomic E-state index is 5.76. The van der Waals surface area contributed by atoms with Gasteiger partial charge in [0.1, 0.15) is 0 Å². The van der Waals surface area contributed by atoms with Gasteiger partial charge in [-0.1, -0.05) is 6.42 Å². The van der Waals surface area contributed by atoms with Crippen molar-refractivity contribution in [3.63, 3.8) is 0 Å². The summed E-state index contributed by atoms with van der Waals surface area (Å²) in [6, 6.07) is 4.66. The van der Waals surface area contributed by atoms with E-state index >= 15 is 0 Å². The van der Waals surface area contributed by atoms with E-state index in [4.69, 9.17) is 19.9 Å². The predicted molar refractivity (Wildman–Crippen MR) is 87.8 cm³/mol. The Balaban J connectivity index is 2.20. The summed E-state index contributed by atoms with van der Waals surface area (Å²) in [6.07, 6.45) is 4.86. The largest absolute Gasteiger partial charge is 0.493 e. The fraction of sp³-hybridized carbons (Fsp3) is 0.647. The minimum Gasteiger partial charge on any atom is -0.493 e. The number of ether oxygens (including phenoxy) is 3. The molecule has 1 fully saturated rings. The van der Waals surface area contributed by atoms with Crippen LogP contribution in [-0.2, 0) is 6.54 Å². The number of nitrogens with zero attached hydrogens (tertiary/aromatic N) is 1. The average Bonchev–Trinajstić information content (AvgIpc) is 2.55. The fourth-order valence-electron chi connectivity index (χ4n) is 3.25. The van der Waals surface area contributed by atoms with Crippen molar-refractivity contribution in [2.45, 2.75) is 38.3 Å². The van der Waals surface area contributed by atoms with Gasteiger partial charge in [-0.15, -0.1) is 0 Å². The van der Waals surface area contributed by atoms with Gasteiger partial charge in [-0.25, -0.2) is 0 Å². The van der Waals surface area contributed by atoms with Crippen molar-refractivity contribution >= 4 is 0 Å². The van der Waals surface area contributed by atoms with Crippen LogP contribution in [0.25, 0.3) is 0 Å². The topological polar surface area (TPSA) is 57.0 Å². The summed E-state index contributed by atoms with van der Waals surface area (Å²) in [5.41, 5.74) is 6.94. The molecule has 1 heterocycles. The highest BCUT2D eigenvalue weighted by Gasteiger charge is 2.23. The summed E-state index contributed by atoms with van der Waals surface area (Å²) in [4.78, 5) is 2.52. The molecule has 0 bridgehead atoms. The number of piperidine rings is 1. The smallest absolute Gasteiger partial charge is 0.203 e. The Hall–Kier alpha value is -1.46. The van der Waals surface area contributed by atoms with Crippen LogP contribution >= 0.6 is 0 Å². The molecule has 1 saturated heterocycles. The molecule has 0 spiro atoms. The molecule has 124 valence electrons. The van der Waals surface area contributed by atoms with Crippen LogP contribution in [0, 0.1) is 0 Å². The average molecular weight is 308 g/mol. The van der Waals surface area contributed by atoms with Crippen molar-refractivity contribution in [1.82, 2.24) is 4.90 Å². The van der Waals surface area contributed by atoms with Crippen molar-refractivity contribution in [3.8, 4) is 17.2 Å². The van der Waals surface area contributed by atoms with E-state index in [-0.39, 0.29) is 0 Å². The van der Waals surface area contributed by atoms with Crippen LogP contribution in [-0.4, -0.2) is 45.4 Å². The van der Waals surface area contributed by atoms with Gasteiger partial charge in [0, 0.05) is 12.6 Å². The highest BCUT2D eigenvalue weighted by Crippen LogP contribution is 2.38. The third kappa shape index (κ3) is 3.84. The molecule has 22 heavy (non-hydrogen) atoms. The van der Waals surface area contributed by atoms with Gasteiger partial charge in [0.05, 0.1) is 21.3 Å². The van der Waals surface area contributed by atoms with Crippen molar-refractivity contribution in [1.29, 1.82) is 0 Å². The second-order valence-electron chi connectivity index (χ2n) is 5.73. The zero-order valence-corrected chi connectivity index (χ0v) is 13.9. The van der Waals surface area contributed by atoms with Gasteiger partial charge in [0.2, 0.25) is 5.75 Å². The van der Waals surface area contributed by atoms with E-state index in [9.17, 15) is 0 Å². The maximum absolute atomic E-state index is 5.76. The van der Waals surface area contributed by atoms with E-state index in [1.54, 1.807) is 21.3 Å². The summed E-state index contributed by atoms with van der Waals surface area (Å²) in [5, 5.41) is 0. The van der Waals surface area contributed by atoms with E-state index in [1.165, 1.54) is 24.8 Å². The van der Waals surface area contributed by atoms with Crippen LogP contribution in [0.1, 0.15) is 31.2 Å². The second kappa shape index (κ2) is 8.25. The number of methoxy groups -OCH3 is 3. The first kappa shape index (κ1) is 16.9. The molecular weight excluding hydrogens is 280 g/mol. The van der Waals surface area contributed by atoms with Crippen molar-refractivity contribution < 1.29 is 14.2 Å². The summed E-state index contributed by atoms with van der Waals surface area (Å²) in [6.45, 7) is 2.76. The van der Waals surface area contributed by atoms with E-state index < -0.39 is 0 Å². The quantitative estimate of drug-likeness (QED) is 0.838. The number of rotatable bonds is 7. The Morgan fingerprint density at radius 3 is 2.32 bits per heavy atom. The monoisotopic (exact) mass is 308 g/mol. The molecule has 1 aromatic rings. The number of benzene rings is 1. The Labute approximate surface area is 133 Å². The first-order valence-electron chi connectivity index (χ1n) is 7.96. The van der Waals surface area contributed by atoms with E-state index in [1.807, 2.05) is 12.1 Å². The molecule has 0 aliphatic carbocycles. The fourth-order valence-corrected chi connectivity index (χ4v) is 3.25. The van der Waals surface area contributed by atoms with Crippen molar-refractivity contribution in [2.75, 3.05) is 34.4 Å². The van der Waals surface area contributed by atoms with Crippen molar-refractivity contribution in [2.24, 2.45) is 5.73 Å². The van der Waals surface area contributed by atoms with Gasteiger partial charge in [-0.3, -0.25) is 4.90 Å². The van der Waals surface area contributed by atoms with Crippen LogP contribution < -0.4 is 19.9 Å². The highest BCUT2D eigenvalue weighted by atomic mass is 16.5. The maximum Gasteiger partial charge on any atom is 0.203 e. The predicted octanol–water partition coefficient (Wildman–Crippen LogP) is 2.42. The molecule has 0 saturated carbocycles. The lowest BCUT2D eigenvalue weighted by Crippen LogP contribution is -2.40. The van der Waals surface area contributed by atoms with Crippen LogP contribution in [0.5, 0.6) is 17.2 Å². The Kier molecular flexibility index (Phi) is 6.34. The molecular formula is C17H28N2O3. The van der Waals surface area contributed by atoms with E-state index in [0.29, 0.717) is 23.3 Å². The van der Waals surface area contributed by atoms with Gasteiger partial charge >= 0.3 is 0 Å². The Morgan fingerprint density at radius 1 is 1.09 bits per heavy atom. The molecule has 0 amide bonds. The van der Waals surface area contributed by atoms with Gasteiger partial charge < -0.3 is 19.9 Å². The lowest BCUT2D eigenvalue weighted by molar-refractivity contribution is 0.134. The molecule has 0 aromatic heterocycles. The lowest BCUT2D eigenvalue weighted by atomic mass is 9.98. The standard InChI is InChI=1S/C17H28N2O3/c1-20-15-10-13(11-16(21-2)17(15)22-3)12-19-9-5-4-6-14(19)7-8-18/h10-11,14H,4-9,12,18H2,1-3H3. The lowest BCUT2D eigenvalue weighted by Gasteiger charge is -2.35. The molecule has 2 rings (SSSR count). The number of hydrogen-bond donors (Lipinski definition) is 1. The zero-order valence-electron chi connectivity index (χ0n) is 13.9. The molecule has 5 nitrogen and oxygen atoms in total. The van der Waals surface area contributed by atoms with Gasteiger partial charge in [-0.05, 0) is 50.0 Å². The third-order valence-electron chi connectivity index (χ3n) is 4.36. The molecule has 5 heteroatoms. The first-order chi connectivity index (χ1) is 10.7. The Morgan fingerprint density at radius 2 is 1.77 bits per heavy atom. The van der Waals surface area contributed by atoms with Crippen LogP contribution in [0.15, 0.2) is 12.1 Å². The normalized spacial score (nSPS) is 19.0. The van der Waals surface area contributed by atoms with Crippen LogP contribution in [0.3, 0.4) is 0 Å². The SMILES string of the molecule is COc1cc(CN2CCCCC2CCN)cc(OC)c1OC. The van der Waals surface area contributed by atoms with E-state index in [2.05, 4.69) is 4.90 Å². The summed E-state index contributed by atoms with van der Waals surface area (Å²) in [5.74, 6) is 2.07. The second-order valence-corrected chi connectivity index (χ2v) is 5.73. The minimum atomic E-state index is 0.581. The summed E-state index contributed by atoms with van der Waals surface area (Å²) >= 11 is 0. The zero-order chi connectivity index (χ0) is 15.9. The van der Waals surface area contributed by atoms with Crippen LogP contribution in [0.2, 0.25) is 0 Å². The van der Waals surface area contributed by atoms with Crippen molar-refractivity contribution in [3.05, 3.63) is 17.7 Å². The van der Waals surface area contributed by atoms with Gasteiger partial charge in [0.25, 0.3) is 0 Å². The van der Waals surface area contributed by atoms with Gasteiger partial charge in [0.15, 0.2) is 11.5 Å². The summed E-state index contributed by atoms with van der Waals surface area (Å²) < 4.78 is 16.3. The van der Waals surface area contributed by atoms with E-state index in [0.717, 1.165) is 26.1 Å². The number of nitrogens with two attached hydrogens (primary N) is 1. The first-order valence-corrected chi connectivity index (χ1v) is 7.96. The molecule has 1 unspecified atom stereocenters. The van der Waals surface area contributed by atoms with Crippen LogP contribution in [0.4, 0.5) is 0 Å². The minimum absolute atomic E-state index is 0.581. The Bertz CT molecular complexity index is 452. The molecule has 0 radical (unpaired) electrons. The molecule has 2 N–H and O–H groups in total. The third-order valence-corrected chi connectivity index (χ3v) is 4.36. The summed E-state index contributed by atoms with van der Waals surface area (Å²) in [7, 11) is 4.93. The highest BCUT2D eigenvalue weighted by molar-refractivity contribution is 5.53. The number of likely N-dealkylation sites (tertiary alicyclic amines) is 1.